The van der Waals surface area contributed by atoms with Crippen LogP contribution in [0, 0.1) is 6.92 Å². The highest BCUT2D eigenvalue weighted by Crippen LogP contribution is 2.25. The quantitative estimate of drug-likeness (QED) is 0.283. The predicted molar refractivity (Wildman–Crippen MR) is 116 cm³/mol. The number of benzene rings is 1. The first kappa shape index (κ1) is 20.5. The number of halogens is 1. The molecule has 3 rings (SSSR count). The van der Waals surface area contributed by atoms with Gasteiger partial charge in [-0.25, -0.2) is 0 Å². The molecule has 7 heteroatoms. The lowest BCUT2D eigenvalue weighted by Gasteiger charge is -2.12. The summed E-state index contributed by atoms with van der Waals surface area (Å²) in [5, 5.41) is 11.0. The van der Waals surface area contributed by atoms with Gasteiger partial charge in [-0.15, -0.1) is 24.0 Å². The molecule has 0 saturated carbocycles. The van der Waals surface area contributed by atoms with Gasteiger partial charge in [-0.05, 0) is 42.5 Å². The molecule has 0 aliphatic carbocycles. The van der Waals surface area contributed by atoms with E-state index >= 15 is 0 Å². The van der Waals surface area contributed by atoms with Gasteiger partial charge < -0.3 is 15.4 Å². The van der Waals surface area contributed by atoms with Crippen molar-refractivity contribution in [3.05, 3.63) is 47.3 Å². The Morgan fingerprint density at radius 3 is 2.92 bits per heavy atom. The number of nitrogens with one attached hydrogen (secondary N) is 2. The van der Waals surface area contributed by atoms with Crippen LogP contribution in [0.5, 0.6) is 5.75 Å². The second-order valence-corrected chi connectivity index (χ2v) is 6.35. The molecule has 0 fully saturated rings. The zero-order chi connectivity index (χ0) is 17.5. The van der Waals surface area contributed by atoms with E-state index in [1.54, 1.807) is 7.05 Å². The largest absolute Gasteiger partial charge is 0.493 e. The predicted octanol–water partition coefficient (Wildman–Crippen LogP) is 2.54. The number of fused-ring (bicyclic) bond motifs is 1. The van der Waals surface area contributed by atoms with Gasteiger partial charge in [-0.3, -0.25) is 9.67 Å². The van der Waals surface area contributed by atoms with Crippen molar-refractivity contribution in [3.8, 4) is 5.75 Å². The number of rotatable bonds is 7. The van der Waals surface area contributed by atoms with Crippen molar-refractivity contribution in [2.24, 2.45) is 4.99 Å². The maximum Gasteiger partial charge on any atom is 0.190 e. The summed E-state index contributed by atoms with van der Waals surface area (Å²) in [5.41, 5.74) is 3.86. The second kappa shape index (κ2) is 10.4. The average molecular weight is 469 g/mol. The second-order valence-electron chi connectivity index (χ2n) is 6.35. The molecule has 0 radical (unpaired) electrons. The fourth-order valence-corrected chi connectivity index (χ4v) is 2.98. The Hall–Kier alpha value is -1.77. The Balaban J connectivity index is 0.00000243. The van der Waals surface area contributed by atoms with Crippen LogP contribution in [-0.4, -0.2) is 42.5 Å². The van der Waals surface area contributed by atoms with Crippen LogP contribution in [0.15, 0.2) is 35.6 Å². The van der Waals surface area contributed by atoms with Crippen molar-refractivity contribution in [2.75, 3.05) is 26.7 Å². The lowest BCUT2D eigenvalue weighted by Crippen LogP contribution is -2.39. The Morgan fingerprint density at radius 2 is 2.15 bits per heavy atom. The van der Waals surface area contributed by atoms with E-state index in [9.17, 15) is 0 Å². The first-order valence-electron chi connectivity index (χ1n) is 8.93. The third-order valence-corrected chi connectivity index (χ3v) is 4.30. The highest BCUT2D eigenvalue weighted by Gasteiger charge is 2.11. The van der Waals surface area contributed by atoms with Crippen LogP contribution in [0.4, 0.5) is 0 Å². The van der Waals surface area contributed by atoms with Gasteiger partial charge >= 0.3 is 0 Å². The van der Waals surface area contributed by atoms with Crippen molar-refractivity contribution in [2.45, 2.75) is 32.7 Å². The van der Waals surface area contributed by atoms with Crippen LogP contribution in [0.2, 0.25) is 0 Å². The van der Waals surface area contributed by atoms with Crippen LogP contribution in [-0.2, 0) is 19.4 Å². The Kier molecular flexibility index (Phi) is 8.21. The molecular weight excluding hydrogens is 441 g/mol. The topological polar surface area (TPSA) is 63.5 Å². The zero-order valence-electron chi connectivity index (χ0n) is 15.5. The Morgan fingerprint density at radius 1 is 1.31 bits per heavy atom. The zero-order valence-corrected chi connectivity index (χ0v) is 17.8. The number of nitrogens with zero attached hydrogens (tertiary/aromatic N) is 3. The summed E-state index contributed by atoms with van der Waals surface area (Å²) < 4.78 is 7.53. The highest BCUT2D eigenvalue weighted by molar-refractivity contribution is 14.0. The fraction of sp³-hybridized carbons (Fsp3) is 0.474. The number of aryl methyl sites for hydroxylation is 2. The van der Waals surface area contributed by atoms with Crippen molar-refractivity contribution in [1.82, 2.24) is 20.4 Å². The van der Waals surface area contributed by atoms with Crippen LogP contribution >= 0.6 is 24.0 Å². The maximum atomic E-state index is 5.55. The SMILES string of the molecule is CN=C(NCCCn1cc(C)cn1)NCCc1ccc2c(c1)CCO2.I. The smallest absolute Gasteiger partial charge is 0.190 e. The molecule has 2 aromatic rings. The summed E-state index contributed by atoms with van der Waals surface area (Å²) in [6.45, 7) is 5.51. The Labute approximate surface area is 172 Å². The van der Waals surface area contributed by atoms with Gasteiger partial charge in [-0.1, -0.05) is 12.1 Å². The molecule has 2 N–H and O–H groups in total. The first-order chi connectivity index (χ1) is 12.2. The van der Waals surface area contributed by atoms with E-state index in [-0.39, 0.29) is 24.0 Å². The number of ether oxygens (including phenoxy) is 1. The summed E-state index contributed by atoms with van der Waals surface area (Å²) in [7, 11) is 1.80. The van der Waals surface area contributed by atoms with E-state index in [0.717, 1.165) is 57.2 Å². The molecule has 142 valence electrons. The molecule has 1 aliphatic heterocycles. The molecule has 6 nitrogen and oxygen atoms in total. The normalized spacial score (nSPS) is 12.9. The molecule has 0 unspecified atom stereocenters. The van der Waals surface area contributed by atoms with Crippen LogP contribution in [0.3, 0.4) is 0 Å². The fourth-order valence-electron chi connectivity index (χ4n) is 2.98. The minimum absolute atomic E-state index is 0. The van der Waals surface area contributed by atoms with Gasteiger partial charge in [0.15, 0.2) is 5.96 Å². The number of aliphatic imine (C=N–C) groups is 1. The van der Waals surface area contributed by atoms with Gasteiger partial charge in [0.1, 0.15) is 5.75 Å². The molecule has 0 atom stereocenters. The van der Waals surface area contributed by atoms with Gasteiger partial charge in [0.25, 0.3) is 0 Å². The summed E-state index contributed by atoms with van der Waals surface area (Å²) in [5.74, 6) is 1.89. The van der Waals surface area contributed by atoms with Crippen LogP contribution in [0.25, 0.3) is 0 Å². The summed E-state index contributed by atoms with van der Waals surface area (Å²) in [6, 6.07) is 6.49. The molecule has 26 heavy (non-hydrogen) atoms. The summed E-state index contributed by atoms with van der Waals surface area (Å²) >= 11 is 0. The molecule has 2 heterocycles. The summed E-state index contributed by atoms with van der Waals surface area (Å²) in [4.78, 5) is 4.28. The Bertz CT molecular complexity index is 728. The molecule has 0 spiro atoms. The van der Waals surface area contributed by atoms with Crippen molar-refractivity contribution in [3.63, 3.8) is 0 Å². The standard InChI is InChI=1S/C19H27N5O.HI/c1-15-13-23-24(14-15)10-3-8-21-19(20-2)22-9-6-16-4-5-18-17(12-16)7-11-25-18;/h4-5,12-14H,3,6-11H2,1-2H3,(H2,20,21,22);1H. The molecule has 0 amide bonds. The van der Waals surface area contributed by atoms with Crippen molar-refractivity contribution < 1.29 is 4.74 Å². The van der Waals surface area contributed by atoms with Crippen molar-refractivity contribution in [1.29, 1.82) is 0 Å². The van der Waals surface area contributed by atoms with Crippen LogP contribution < -0.4 is 15.4 Å². The number of guanidine groups is 1. The van der Waals surface area contributed by atoms with Gasteiger partial charge in [-0.2, -0.15) is 5.10 Å². The number of hydrogen-bond donors (Lipinski definition) is 2. The van der Waals surface area contributed by atoms with E-state index in [1.165, 1.54) is 16.7 Å². The van der Waals surface area contributed by atoms with E-state index < -0.39 is 0 Å². The molecule has 1 aliphatic rings. The van der Waals surface area contributed by atoms with Gasteiger partial charge in [0.05, 0.1) is 12.8 Å². The molecule has 1 aromatic carbocycles. The monoisotopic (exact) mass is 469 g/mol. The third kappa shape index (κ3) is 5.89. The first-order valence-corrected chi connectivity index (χ1v) is 8.93. The molecule has 1 aromatic heterocycles. The van der Waals surface area contributed by atoms with E-state index in [0.29, 0.717) is 0 Å². The lowest BCUT2D eigenvalue weighted by molar-refractivity contribution is 0.357. The molecule has 0 saturated heterocycles. The third-order valence-electron chi connectivity index (χ3n) is 4.30. The average Bonchev–Trinajstić information content (AvgIpc) is 3.25. The number of hydrogen-bond acceptors (Lipinski definition) is 3. The van der Waals surface area contributed by atoms with E-state index in [2.05, 4.69) is 52.0 Å². The molecule has 0 bridgehead atoms. The minimum Gasteiger partial charge on any atom is -0.493 e. The number of aromatic nitrogens is 2. The van der Waals surface area contributed by atoms with Crippen LogP contribution in [0.1, 0.15) is 23.1 Å². The molecular formula is C19H28IN5O. The summed E-state index contributed by atoms with van der Waals surface area (Å²) in [6.07, 6.45) is 6.95. The van der Waals surface area contributed by atoms with E-state index in [4.69, 9.17) is 4.74 Å². The van der Waals surface area contributed by atoms with Gasteiger partial charge in [0, 0.05) is 39.3 Å². The highest BCUT2D eigenvalue weighted by atomic mass is 127. The maximum absolute atomic E-state index is 5.55. The minimum atomic E-state index is 0. The van der Waals surface area contributed by atoms with Gasteiger partial charge in [0.2, 0.25) is 0 Å². The lowest BCUT2D eigenvalue weighted by atomic mass is 10.1. The van der Waals surface area contributed by atoms with E-state index in [1.807, 2.05) is 10.9 Å². The van der Waals surface area contributed by atoms with Crippen molar-refractivity contribution >= 4 is 29.9 Å².